The van der Waals surface area contributed by atoms with Crippen molar-refractivity contribution in [3.63, 3.8) is 0 Å². The molecular weight excluding hydrogens is 449 g/mol. The van der Waals surface area contributed by atoms with Crippen LogP contribution in [0.5, 0.6) is 0 Å². The fraction of sp³-hybridized carbons (Fsp3) is 0.364. The molecule has 32 heavy (non-hydrogen) atoms. The Morgan fingerprint density at radius 2 is 2.06 bits per heavy atom. The number of benzene rings is 1. The highest BCUT2D eigenvalue weighted by Gasteiger charge is 2.21. The Hall–Kier alpha value is -2.43. The van der Waals surface area contributed by atoms with Gasteiger partial charge < -0.3 is 10.1 Å². The first-order valence-corrected chi connectivity index (χ1v) is 12.4. The first kappa shape index (κ1) is 22.8. The van der Waals surface area contributed by atoms with Crippen LogP contribution in [0.3, 0.4) is 0 Å². The van der Waals surface area contributed by atoms with Crippen molar-refractivity contribution in [1.82, 2.24) is 25.1 Å². The number of pyridine rings is 1. The van der Waals surface area contributed by atoms with Crippen LogP contribution < -0.4 is 5.32 Å². The van der Waals surface area contributed by atoms with Crippen LogP contribution in [-0.2, 0) is 16.0 Å². The second kappa shape index (κ2) is 11.4. The van der Waals surface area contributed by atoms with Gasteiger partial charge in [0.2, 0.25) is 5.91 Å². The summed E-state index contributed by atoms with van der Waals surface area (Å²) in [5.74, 6) is 1.18. The van der Waals surface area contributed by atoms with Crippen molar-refractivity contribution in [2.75, 3.05) is 24.7 Å². The monoisotopic (exact) mass is 473 g/mol. The smallest absolute Gasteiger partial charge is 0.230 e. The number of hydrogen-bond acceptors (Lipinski definition) is 7. The summed E-state index contributed by atoms with van der Waals surface area (Å²) in [5, 5.41) is 12.9. The van der Waals surface area contributed by atoms with Gasteiger partial charge in [-0.25, -0.2) is 9.37 Å². The van der Waals surface area contributed by atoms with Gasteiger partial charge in [-0.1, -0.05) is 41.7 Å². The molecule has 1 N–H and O–H groups in total. The second-order valence-electron chi connectivity index (χ2n) is 7.19. The Bertz CT molecular complexity index is 1030. The molecule has 3 heterocycles. The minimum Gasteiger partial charge on any atom is -0.377 e. The van der Waals surface area contributed by atoms with Crippen molar-refractivity contribution in [3.05, 3.63) is 60.3 Å². The standard InChI is InChI=1S/C22H24FN5O2S2/c23-17-7-1-2-8-18(17)28-19(26-27-22(28)32-14-16-6-5-13-30-16)10-12-24-20(29)15-31-21-9-3-4-11-25-21/h1-4,7-9,11,16H,5-6,10,12-15H2,(H,24,29)/t16-/m1/s1. The van der Waals surface area contributed by atoms with E-state index in [1.54, 1.807) is 29.0 Å². The second-order valence-corrected chi connectivity index (χ2v) is 9.17. The van der Waals surface area contributed by atoms with Gasteiger partial charge in [-0.15, -0.1) is 10.2 Å². The Morgan fingerprint density at radius 1 is 1.19 bits per heavy atom. The minimum atomic E-state index is -0.344. The highest BCUT2D eigenvalue weighted by molar-refractivity contribution is 8.00. The average molecular weight is 474 g/mol. The van der Waals surface area contributed by atoms with Crippen LogP contribution in [0.2, 0.25) is 0 Å². The van der Waals surface area contributed by atoms with Gasteiger partial charge in [0, 0.05) is 31.5 Å². The fourth-order valence-corrected chi connectivity index (χ4v) is 5.03. The van der Waals surface area contributed by atoms with Crippen molar-refractivity contribution in [2.24, 2.45) is 0 Å². The van der Waals surface area contributed by atoms with Crippen molar-refractivity contribution in [2.45, 2.75) is 35.5 Å². The summed E-state index contributed by atoms with van der Waals surface area (Å²) in [6, 6.07) is 12.2. The predicted octanol–water partition coefficient (Wildman–Crippen LogP) is 3.52. The lowest BCUT2D eigenvalue weighted by Crippen LogP contribution is -2.28. The maximum Gasteiger partial charge on any atom is 0.230 e. The summed E-state index contributed by atoms with van der Waals surface area (Å²) in [5.41, 5.74) is 0.402. The van der Waals surface area contributed by atoms with Crippen LogP contribution in [0.4, 0.5) is 4.39 Å². The molecule has 1 amide bonds. The van der Waals surface area contributed by atoms with Crippen molar-refractivity contribution in [3.8, 4) is 5.69 Å². The molecule has 1 saturated heterocycles. The molecule has 3 aromatic rings. The van der Waals surface area contributed by atoms with Crippen LogP contribution in [0.1, 0.15) is 18.7 Å². The molecule has 4 rings (SSSR count). The van der Waals surface area contributed by atoms with E-state index < -0.39 is 0 Å². The highest BCUT2D eigenvalue weighted by atomic mass is 32.2. The quantitative estimate of drug-likeness (QED) is 0.451. The van der Waals surface area contributed by atoms with Gasteiger partial charge in [-0.2, -0.15) is 0 Å². The number of amides is 1. The molecule has 1 aliphatic heterocycles. The predicted molar refractivity (Wildman–Crippen MR) is 123 cm³/mol. The van der Waals surface area contributed by atoms with Gasteiger partial charge in [-0.3, -0.25) is 9.36 Å². The molecule has 0 aliphatic carbocycles. The lowest BCUT2D eigenvalue weighted by molar-refractivity contribution is -0.118. The number of nitrogens with zero attached hydrogens (tertiary/aromatic N) is 4. The van der Waals surface area contributed by atoms with Crippen LogP contribution in [-0.4, -0.2) is 56.4 Å². The molecule has 0 saturated carbocycles. The number of para-hydroxylation sites is 1. The Kier molecular flexibility index (Phi) is 8.13. The molecule has 2 aromatic heterocycles. The summed E-state index contributed by atoms with van der Waals surface area (Å²) in [6.07, 6.45) is 4.40. The van der Waals surface area contributed by atoms with E-state index in [1.807, 2.05) is 18.2 Å². The van der Waals surface area contributed by atoms with Crippen LogP contribution in [0.25, 0.3) is 5.69 Å². The molecule has 0 radical (unpaired) electrons. The number of carbonyl (C=O) groups excluding carboxylic acids is 1. The van der Waals surface area contributed by atoms with Gasteiger partial charge in [0.05, 0.1) is 22.6 Å². The third-order valence-corrected chi connectivity index (χ3v) is 6.88. The summed E-state index contributed by atoms with van der Waals surface area (Å²) in [7, 11) is 0. The first-order chi connectivity index (χ1) is 15.7. The zero-order valence-corrected chi connectivity index (χ0v) is 19.1. The molecule has 0 spiro atoms. The van der Waals surface area contributed by atoms with E-state index in [1.165, 1.54) is 29.6 Å². The minimum absolute atomic E-state index is 0.0920. The number of nitrogens with one attached hydrogen (secondary N) is 1. The maximum atomic E-state index is 14.6. The average Bonchev–Trinajstić information content (AvgIpc) is 3.47. The van der Waals surface area contributed by atoms with Gasteiger partial charge in [0.15, 0.2) is 5.16 Å². The SMILES string of the molecule is O=C(CSc1ccccn1)NCCc1nnc(SC[C@H]2CCCO2)n1-c1ccccc1F. The molecule has 7 nitrogen and oxygen atoms in total. The Labute approximate surface area is 194 Å². The third kappa shape index (κ3) is 6.08. The molecule has 1 aromatic carbocycles. The third-order valence-electron chi connectivity index (χ3n) is 4.88. The number of rotatable bonds is 10. The van der Waals surface area contributed by atoms with Crippen LogP contribution in [0, 0.1) is 5.82 Å². The zero-order valence-electron chi connectivity index (χ0n) is 17.4. The first-order valence-electron chi connectivity index (χ1n) is 10.4. The number of halogens is 1. The van der Waals surface area contributed by atoms with Crippen molar-refractivity contribution in [1.29, 1.82) is 0 Å². The van der Waals surface area contributed by atoms with Crippen LogP contribution >= 0.6 is 23.5 Å². The van der Waals surface area contributed by atoms with E-state index in [9.17, 15) is 9.18 Å². The summed E-state index contributed by atoms with van der Waals surface area (Å²) in [4.78, 5) is 16.4. The van der Waals surface area contributed by atoms with Crippen LogP contribution in [0.15, 0.2) is 58.8 Å². The molecular formula is C22H24FN5O2S2. The molecule has 10 heteroatoms. The largest absolute Gasteiger partial charge is 0.377 e. The van der Waals surface area contributed by atoms with E-state index in [4.69, 9.17) is 4.74 Å². The normalized spacial score (nSPS) is 15.7. The summed E-state index contributed by atoms with van der Waals surface area (Å²) < 4.78 is 22.0. The Morgan fingerprint density at radius 3 is 2.84 bits per heavy atom. The van der Waals surface area contributed by atoms with Gasteiger partial charge in [0.1, 0.15) is 11.6 Å². The summed E-state index contributed by atoms with van der Waals surface area (Å²) in [6.45, 7) is 1.17. The molecule has 1 atom stereocenters. The number of thioether (sulfide) groups is 2. The lowest BCUT2D eigenvalue weighted by Gasteiger charge is -2.13. The van der Waals surface area contributed by atoms with E-state index in [2.05, 4.69) is 20.5 Å². The topological polar surface area (TPSA) is 81.9 Å². The molecule has 168 valence electrons. The van der Waals surface area contributed by atoms with Gasteiger partial charge in [0.25, 0.3) is 0 Å². The van der Waals surface area contributed by atoms with Gasteiger partial charge in [-0.05, 0) is 37.1 Å². The van der Waals surface area contributed by atoms with Gasteiger partial charge >= 0.3 is 0 Å². The summed E-state index contributed by atoms with van der Waals surface area (Å²) >= 11 is 2.89. The van der Waals surface area contributed by atoms with E-state index >= 15 is 0 Å². The number of carbonyl (C=O) groups is 1. The van der Waals surface area contributed by atoms with E-state index in [-0.39, 0.29) is 23.6 Å². The Balaban J connectivity index is 1.38. The molecule has 1 aliphatic rings. The molecule has 0 bridgehead atoms. The highest BCUT2D eigenvalue weighted by Crippen LogP contribution is 2.27. The van der Waals surface area contributed by atoms with E-state index in [0.717, 1.165) is 30.2 Å². The number of ether oxygens (including phenoxy) is 1. The van der Waals surface area contributed by atoms with Crippen molar-refractivity contribution < 1.29 is 13.9 Å². The molecule has 1 fully saturated rings. The lowest BCUT2D eigenvalue weighted by atomic mass is 10.3. The van der Waals surface area contributed by atoms with Crippen molar-refractivity contribution >= 4 is 29.4 Å². The zero-order chi connectivity index (χ0) is 22.2. The maximum absolute atomic E-state index is 14.6. The number of aromatic nitrogens is 4. The molecule has 0 unspecified atom stereocenters. The van der Waals surface area contributed by atoms with E-state index in [0.29, 0.717) is 29.6 Å². The fourth-order valence-electron chi connectivity index (χ4n) is 3.31. The number of hydrogen-bond donors (Lipinski definition) is 1.